The molecule has 0 amide bonds. The van der Waals surface area contributed by atoms with Crippen molar-refractivity contribution >= 4 is 39.5 Å². The number of hydrogen-bond acceptors (Lipinski definition) is 15. The third kappa shape index (κ3) is 54.0. The van der Waals surface area contributed by atoms with Crippen LogP contribution in [0.25, 0.3) is 0 Å². The predicted octanol–water partition coefficient (Wildman–Crippen LogP) is 16.5. The molecule has 19 heteroatoms. The molecule has 3 unspecified atom stereocenters. The highest BCUT2D eigenvalue weighted by atomic mass is 31.2. The van der Waals surface area contributed by atoms with Gasteiger partial charge in [-0.1, -0.05) is 247 Å². The molecule has 0 bridgehead atoms. The summed E-state index contributed by atoms with van der Waals surface area (Å²) in [7, 11) is -9.87. The van der Waals surface area contributed by atoms with Crippen LogP contribution in [0.15, 0.2) is 0 Å². The molecular formula is C61H118O17P2. The highest BCUT2D eigenvalue weighted by Gasteiger charge is 2.30. The summed E-state index contributed by atoms with van der Waals surface area (Å²) in [5.41, 5.74) is 0. The Balaban J connectivity index is 5.19. The lowest BCUT2D eigenvalue weighted by molar-refractivity contribution is -0.161. The number of phosphoric acid groups is 2. The minimum atomic E-state index is -4.94. The molecule has 0 aliphatic carbocycles. The molecule has 0 spiro atoms. The van der Waals surface area contributed by atoms with E-state index in [1.54, 1.807) is 0 Å². The summed E-state index contributed by atoms with van der Waals surface area (Å²) in [6.07, 6.45) is 35.2. The van der Waals surface area contributed by atoms with Crippen LogP contribution >= 0.6 is 15.6 Å². The van der Waals surface area contributed by atoms with E-state index in [0.717, 1.165) is 108 Å². The van der Waals surface area contributed by atoms with E-state index in [1.807, 2.05) is 0 Å². The van der Waals surface area contributed by atoms with Crippen molar-refractivity contribution in [2.75, 3.05) is 39.6 Å². The van der Waals surface area contributed by atoms with Gasteiger partial charge in [-0.25, -0.2) is 9.13 Å². The van der Waals surface area contributed by atoms with Gasteiger partial charge in [-0.05, 0) is 37.5 Å². The Bertz CT molecular complexity index is 1580. The molecule has 0 heterocycles. The molecule has 6 atom stereocenters. The fourth-order valence-electron chi connectivity index (χ4n) is 8.97. The number of aliphatic hydroxyl groups excluding tert-OH is 1. The zero-order chi connectivity index (χ0) is 59.4. The number of rotatable bonds is 60. The molecule has 0 aliphatic heterocycles. The zero-order valence-corrected chi connectivity index (χ0v) is 53.2. The number of carbonyl (C=O) groups excluding carboxylic acids is 4. The smallest absolute Gasteiger partial charge is 0.462 e. The minimum absolute atomic E-state index is 0.102. The second-order valence-corrected chi connectivity index (χ2v) is 25.7. The van der Waals surface area contributed by atoms with Crippen LogP contribution in [0, 0.1) is 11.8 Å². The van der Waals surface area contributed by atoms with Crippen LogP contribution in [0.2, 0.25) is 0 Å². The molecule has 80 heavy (non-hydrogen) atoms. The van der Waals surface area contributed by atoms with Gasteiger partial charge in [0.1, 0.15) is 19.3 Å². The van der Waals surface area contributed by atoms with Gasteiger partial charge in [0, 0.05) is 25.7 Å². The molecule has 3 N–H and O–H groups in total. The van der Waals surface area contributed by atoms with Crippen LogP contribution in [-0.4, -0.2) is 96.7 Å². The van der Waals surface area contributed by atoms with E-state index >= 15 is 0 Å². The summed E-state index contributed by atoms with van der Waals surface area (Å²) in [4.78, 5) is 71.8. The number of esters is 4. The fourth-order valence-corrected chi connectivity index (χ4v) is 10.5. The van der Waals surface area contributed by atoms with Gasteiger partial charge in [-0.15, -0.1) is 0 Å². The molecule has 474 valence electrons. The minimum Gasteiger partial charge on any atom is -0.462 e. The molecule has 0 saturated heterocycles. The molecule has 0 fully saturated rings. The molecule has 0 saturated carbocycles. The van der Waals surface area contributed by atoms with Gasteiger partial charge in [-0.2, -0.15) is 0 Å². The number of phosphoric ester groups is 2. The summed E-state index contributed by atoms with van der Waals surface area (Å²) in [6, 6.07) is 0. The van der Waals surface area contributed by atoms with E-state index in [1.165, 1.54) is 109 Å². The average molecular weight is 1190 g/mol. The zero-order valence-electron chi connectivity index (χ0n) is 51.4. The highest BCUT2D eigenvalue weighted by Crippen LogP contribution is 2.45. The van der Waals surface area contributed by atoms with Gasteiger partial charge in [0.25, 0.3) is 0 Å². The van der Waals surface area contributed by atoms with Crippen molar-refractivity contribution in [3.8, 4) is 0 Å². The van der Waals surface area contributed by atoms with E-state index in [4.69, 9.17) is 37.0 Å². The van der Waals surface area contributed by atoms with Crippen molar-refractivity contribution in [3.63, 3.8) is 0 Å². The lowest BCUT2D eigenvalue weighted by Gasteiger charge is -2.21. The summed E-state index contributed by atoms with van der Waals surface area (Å²) in [5.74, 6) is -0.678. The standard InChI is InChI=1S/C61H118O17P2/c1-7-10-12-14-15-16-17-18-22-25-32-38-44-59(64)72-50-57(77-60(65)45-39-33-26-23-20-19-21-24-30-35-41-53(4)5)52-76-80(69,70)74-48-55(62)47-73-79(67,68)75-51-56(49-71-58(63)43-37-29-13-11-8-2)78-61(66)46-40-34-28-27-31-36-42-54(6)9-3/h53-57,62H,7-52H2,1-6H3,(H,67,68)(H,69,70)/t54?,55-,56+,57+/m0/s1. The second-order valence-electron chi connectivity index (χ2n) is 22.8. The maximum atomic E-state index is 12.9. The topological polar surface area (TPSA) is 237 Å². The third-order valence-corrected chi connectivity index (χ3v) is 16.2. The average Bonchev–Trinajstić information content (AvgIpc) is 3.42. The molecule has 0 aromatic rings. The Morgan fingerprint density at radius 2 is 0.637 bits per heavy atom. The highest BCUT2D eigenvalue weighted by molar-refractivity contribution is 7.47. The Morgan fingerprint density at radius 3 is 0.950 bits per heavy atom. The summed E-state index contributed by atoms with van der Waals surface area (Å²) in [6.45, 7) is 9.32. The molecular weight excluding hydrogens is 1070 g/mol. The van der Waals surface area contributed by atoms with Crippen molar-refractivity contribution in [3.05, 3.63) is 0 Å². The van der Waals surface area contributed by atoms with Crippen molar-refractivity contribution in [1.29, 1.82) is 0 Å². The monoisotopic (exact) mass is 1180 g/mol. The molecule has 0 rings (SSSR count). The third-order valence-electron chi connectivity index (χ3n) is 14.3. The van der Waals surface area contributed by atoms with Crippen LogP contribution in [0.1, 0.15) is 298 Å². The Hall–Kier alpha value is -1.94. The maximum absolute atomic E-state index is 12.9. The van der Waals surface area contributed by atoms with Gasteiger partial charge in [0.05, 0.1) is 26.4 Å². The summed E-state index contributed by atoms with van der Waals surface area (Å²) >= 11 is 0. The van der Waals surface area contributed by atoms with Crippen molar-refractivity contribution in [1.82, 2.24) is 0 Å². The van der Waals surface area contributed by atoms with Crippen molar-refractivity contribution < 1.29 is 80.2 Å². The van der Waals surface area contributed by atoms with Crippen LogP contribution in [-0.2, 0) is 65.4 Å². The Kier molecular flexibility index (Phi) is 52.5. The van der Waals surface area contributed by atoms with E-state index < -0.39 is 97.5 Å². The van der Waals surface area contributed by atoms with E-state index in [9.17, 15) is 43.2 Å². The summed E-state index contributed by atoms with van der Waals surface area (Å²) < 4.78 is 67.7. The molecule has 0 aromatic carbocycles. The lowest BCUT2D eigenvalue weighted by atomic mass is 10.00. The first-order chi connectivity index (χ1) is 38.4. The van der Waals surface area contributed by atoms with Gasteiger partial charge < -0.3 is 33.8 Å². The quantitative estimate of drug-likeness (QED) is 0.0222. The fraction of sp³-hybridized carbons (Fsp3) is 0.934. The van der Waals surface area contributed by atoms with Crippen LogP contribution in [0.4, 0.5) is 0 Å². The van der Waals surface area contributed by atoms with E-state index in [2.05, 4.69) is 41.5 Å². The van der Waals surface area contributed by atoms with Gasteiger partial charge in [0.2, 0.25) is 0 Å². The van der Waals surface area contributed by atoms with Gasteiger partial charge >= 0.3 is 39.5 Å². The second kappa shape index (κ2) is 53.8. The molecule has 0 aromatic heterocycles. The van der Waals surface area contributed by atoms with Crippen LogP contribution < -0.4 is 0 Å². The number of hydrogen-bond donors (Lipinski definition) is 3. The van der Waals surface area contributed by atoms with Gasteiger partial charge in [0.15, 0.2) is 12.2 Å². The number of carbonyl (C=O) groups is 4. The molecule has 0 radical (unpaired) electrons. The van der Waals surface area contributed by atoms with Gasteiger partial charge in [-0.3, -0.25) is 37.3 Å². The van der Waals surface area contributed by atoms with E-state index in [0.29, 0.717) is 25.7 Å². The Labute approximate surface area is 486 Å². The summed E-state index contributed by atoms with van der Waals surface area (Å²) in [5, 5.41) is 10.5. The van der Waals surface area contributed by atoms with Crippen LogP contribution in [0.3, 0.4) is 0 Å². The lowest BCUT2D eigenvalue weighted by Crippen LogP contribution is -2.30. The number of aliphatic hydroxyl groups is 1. The van der Waals surface area contributed by atoms with E-state index in [-0.39, 0.29) is 25.7 Å². The SMILES string of the molecule is CCCCCCCCCCCCCCC(=O)OC[C@H](COP(=O)(O)OC[C@@H](O)COP(=O)(O)OC[C@@H](COC(=O)CCCCCCC)OC(=O)CCCCCCCCC(C)CC)OC(=O)CCCCCCCCCCCCC(C)C. The van der Waals surface area contributed by atoms with Crippen LogP contribution in [0.5, 0.6) is 0 Å². The van der Waals surface area contributed by atoms with Crippen molar-refractivity contribution in [2.45, 2.75) is 317 Å². The number of ether oxygens (including phenoxy) is 4. The maximum Gasteiger partial charge on any atom is 0.472 e. The molecule has 0 aliphatic rings. The largest absolute Gasteiger partial charge is 0.472 e. The first-order valence-electron chi connectivity index (χ1n) is 32.0. The predicted molar refractivity (Wildman–Crippen MR) is 317 cm³/mol. The van der Waals surface area contributed by atoms with Crippen molar-refractivity contribution in [2.24, 2.45) is 11.8 Å². The first kappa shape index (κ1) is 78.1. The Morgan fingerprint density at radius 1 is 0.362 bits per heavy atom. The normalized spacial score (nSPS) is 14.7. The first-order valence-corrected chi connectivity index (χ1v) is 35.0. The molecule has 17 nitrogen and oxygen atoms in total. The number of unbranched alkanes of at least 4 members (excludes halogenated alkanes) is 29.